The van der Waals surface area contributed by atoms with Gasteiger partial charge in [-0.2, -0.15) is 0 Å². The van der Waals surface area contributed by atoms with Crippen molar-refractivity contribution in [1.29, 1.82) is 0 Å². The predicted molar refractivity (Wildman–Crippen MR) is 63.9 cm³/mol. The zero-order valence-corrected chi connectivity index (χ0v) is 9.89. The number of nitrogens with zero attached hydrogens (tertiary/aromatic N) is 2. The fraction of sp³-hybridized carbons (Fsp3) is 0.583. The third-order valence-corrected chi connectivity index (χ3v) is 3.16. The third kappa shape index (κ3) is 2.51. The second-order valence-corrected chi connectivity index (χ2v) is 4.43. The van der Waals surface area contributed by atoms with Crippen molar-refractivity contribution in [3.8, 4) is 0 Å². The lowest BCUT2D eigenvalue weighted by Gasteiger charge is -2.26. The summed E-state index contributed by atoms with van der Waals surface area (Å²) in [5, 5.41) is 0. The van der Waals surface area contributed by atoms with E-state index in [0.717, 1.165) is 25.3 Å². The minimum atomic E-state index is 0.318. The van der Waals surface area contributed by atoms with Gasteiger partial charge in [0.05, 0.1) is 23.7 Å². The molecule has 1 aliphatic heterocycles. The Kier molecular flexibility index (Phi) is 3.41. The average Bonchev–Trinajstić information content (AvgIpc) is 2.68. The Labute approximate surface area is 96.4 Å². The van der Waals surface area contributed by atoms with Crippen LogP contribution >= 0.6 is 0 Å². The van der Waals surface area contributed by atoms with E-state index in [1.165, 1.54) is 0 Å². The van der Waals surface area contributed by atoms with E-state index in [-0.39, 0.29) is 0 Å². The maximum absolute atomic E-state index is 5.61. The van der Waals surface area contributed by atoms with Crippen LogP contribution in [-0.4, -0.2) is 35.7 Å². The van der Waals surface area contributed by atoms with Crippen molar-refractivity contribution in [3.05, 3.63) is 24.0 Å². The maximum atomic E-state index is 5.61. The molecule has 88 valence electrons. The van der Waals surface area contributed by atoms with Gasteiger partial charge in [0, 0.05) is 19.2 Å². The molecular formula is C12H19N3O. The summed E-state index contributed by atoms with van der Waals surface area (Å²) in [6, 6.07) is 4.37. The van der Waals surface area contributed by atoms with Crippen molar-refractivity contribution in [3.63, 3.8) is 0 Å². The monoisotopic (exact) mass is 221 g/mol. The van der Waals surface area contributed by atoms with Crippen LogP contribution < -0.4 is 5.73 Å². The summed E-state index contributed by atoms with van der Waals surface area (Å²) in [5.41, 5.74) is 7.37. The third-order valence-electron chi connectivity index (χ3n) is 3.16. The highest BCUT2D eigenvalue weighted by Gasteiger charge is 2.27. The molecule has 1 saturated heterocycles. The molecule has 2 heterocycles. The fourth-order valence-corrected chi connectivity index (χ4v) is 2.20. The molecule has 0 aliphatic carbocycles. The highest BCUT2D eigenvalue weighted by molar-refractivity contribution is 5.34. The van der Waals surface area contributed by atoms with Gasteiger partial charge < -0.3 is 10.5 Å². The number of pyridine rings is 1. The summed E-state index contributed by atoms with van der Waals surface area (Å²) in [6.45, 7) is 3.84. The Morgan fingerprint density at radius 2 is 2.38 bits per heavy atom. The van der Waals surface area contributed by atoms with Crippen molar-refractivity contribution >= 4 is 5.69 Å². The summed E-state index contributed by atoms with van der Waals surface area (Å²) in [5.74, 6) is 0. The van der Waals surface area contributed by atoms with Crippen LogP contribution in [0.3, 0.4) is 0 Å². The minimum absolute atomic E-state index is 0.318. The molecule has 0 saturated carbocycles. The minimum Gasteiger partial charge on any atom is -0.397 e. The predicted octanol–water partition coefficient (Wildman–Crippen LogP) is 1.27. The van der Waals surface area contributed by atoms with Gasteiger partial charge in [-0.05, 0) is 32.5 Å². The average molecular weight is 221 g/mol. The summed E-state index contributed by atoms with van der Waals surface area (Å²) in [7, 11) is 2.12. The Morgan fingerprint density at radius 3 is 2.94 bits per heavy atom. The summed E-state index contributed by atoms with van der Waals surface area (Å²) < 4.78 is 5.56. The number of hydrogen-bond donors (Lipinski definition) is 1. The number of likely N-dealkylation sites (N-methyl/N-ethyl adjacent to an activating group) is 1. The Balaban J connectivity index is 1.96. The van der Waals surface area contributed by atoms with Gasteiger partial charge in [-0.25, -0.2) is 0 Å². The van der Waals surface area contributed by atoms with Crippen LogP contribution in [-0.2, 0) is 11.3 Å². The van der Waals surface area contributed by atoms with Crippen LogP contribution in [0.25, 0.3) is 0 Å². The zero-order valence-electron chi connectivity index (χ0n) is 9.89. The molecule has 0 bridgehead atoms. The van der Waals surface area contributed by atoms with Gasteiger partial charge in [0.1, 0.15) is 0 Å². The lowest BCUT2D eigenvalue weighted by atomic mass is 10.1. The van der Waals surface area contributed by atoms with Crippen molar-refractivity contribution in [2.24, 2.45) is 0 Å². The van der Waals surface area contributed by atoms with Crippen molar-refractivity contribution in [1.82, 2.24) is 9.88 Å². The second-order valence-electron chi connectivity index (χ2n) is 4.43. The maximum Gasteiger partial charge on any atom is 0.0703 e. The molecule has 2 atom stereocenters. The largest absolute Gasteiger partial charge is 0.397 e. The van der Waals surface area contributed by atoms with E-state index in [9.17, 15) is 0 Å². The smallest absolute Gasteiger partial charge is 0.0703 e. The van der Waals surface area contributed by atoms with Gasteiger partial charge in [0.25, 0.3) is 0 Å². The molecule has 2 rings (SSSR count). The Bertz CT molecular complexity index is 339. The Morgan fingerprint density at radius 1 is 1.56 bits per heavy atom. The SMILES string of the molecule is CC1OCCC1N(C)Cc1ccc(N)cn1. The summed E-state index contributed by atoms with van der Waals surface area (Å²) in [4.78, 5) is 6.61. The van der Waals surface area contributed by atoms with E-state index in [1.54, 1.807) is 6.20 Å². The van der Waals surface area contributed by atoms with Gasteiger partial charge in [-0.1, -0.05) is 0 Å². The van der Waals surface area contributed by atoms with E-state index in [4.69, 9.17) is 10.5 Å². The van der Waals surface area contributed by atoms with E-state index in [2.05, 4.69) is 23.9 Å². The summed E-state index contributed by atoms with van der Waals surface area (Å²) in [6.07, 6.45) is 3.13. The van der Waals surface area contributed by atoms with Gasteiger partial charge in [0.2, 0.25) is 0 Å². The molecule has 2 N–H and O–H groups in total. The quantitative estimate of drug-likeness (QED) is 0.835. The molecule has 0 spiro atoms. The van der Waals surface area contributed by atoms with Crippen molar-refractivity contribution in [2.75, 3.05) is 19.4 Å². The van der Waals surface area contributed by atoms with E-state index < -0.39 is 0 Å². The first kappa shape index (κ1) is 11.4. The highest BCUT2D eigenvalue weighted by Crippen LogP contribution is 2.19. The number of nitrogens with two attached hydrogens (primary N) is 1. The molecule has 0 amide bonds. The van der Waals surface area contributed by atoms with Gasteiger partial charge >= 0.3 is 0 Å². The number of nitrogen functional groups attached to an aromatic ring is 1. The topological polar surface area (TPSA) is 51.4 Å². The number of hydrogen-bond acceptors (Lipinski definition) is 4. The molecule has 0 aromatic carbocycles. The first-order valence-corrected chi connectivity index (χ1v) is 5.69. The van der Waals surface area contributed by atoms with Crippen LogP contribution in [0.2, 0.25) is 0 Å². The molecule has 2 unspecified atom stereocenters. The molecule has 4 heteroatoms. The van der Waals surface area contributed by atoms with Crippen LogP contribution in [0.5, 0.6) is 0 Å². The van der Waals surface area contributed by atoms with Gasteiger partial charge in [-0.3, -0.25) is 9.88 Å². The highest BCUT2D eigenvalue weighted by atomic mass is 16.5. The molecule has 4 nitrogen and oxygen atoms in total. The van der Waals surface area contributed by atoms with Gasteiger partial charge in [0.15, 0.2) is 0 Å². The zero-order chi connectivity index (χ0) is 11.5. The van der Waals surface area contributed by atoms with Crippen LogP contribution in [0.4, 0.5) is 5.69 Å². The van der Waals surface area contributed by atoms with Crippen LogP contribution in [0.15, 0.2) is 18.3 Å². The number of anilines is 1. The number of rotatable bonds is 3. The van der Waals surface area contributed by atoms with Crippen molar-refractivity contribution < 1.29 is 4.74 Å². The Hall–Kier alpha value is -1.13. The number of ether oxygens (including phenoxy) is 1. The van der Waals surface area contributed by atoms with Crippen LogP contribution in [0.1, 0.15) is 19.0 Å². The second kappa shape index (κ2) is 4.80. The molecule has 1 aromatic rings. The first-order valence-electron chi connectivity index (χ1n) is 5.69. The van der Waals surface area contributed by atoms with E-state index in [1.807, 2.05) is 12.1 Å². The molecule has 1 fully saturated rings. The number of aromatic nitrogens is 1. The lowest BCUT2D eigenvalue weighted by Crippen LogP contribution is -2.36. The van der Waals surface area contributed by atoms with E-state index in [0.29, 0.717) is 17.8 Å². The van der Waals surface area contributed by atoms with E-state index >= 15 is 0 Å². The molecule has 16 heavy (non-hydrogen) atoms. The molecular weight excluding hydrogens is 202 g/mol. The summed E-state index contributed by atoms with van der Waals surface area (Å²) >= 11 is 0. The molecule has 1 aromatic heterocycles. The standard InChI is InChI=1S/C12H19N3O/c1-9-12(5-6-16-9)15(2)8-11-4-3-10(13)7-14-11/h3-4,7,9,12H,5-6,8,13H2,1-2H3. The normalized spacial score (nSPS) is 25.2. The van der Waals surface area contributed by atoms with Gasteiger partial charge in [-0.15, -0.1) is 0 Å². The fourth-order valence-electron chi connectivity index (χ4n) is 2.20. The molecule has 1 aliphatic rings. The molecule has 0 radical (unpaired) electrons. The van der Waals surface area contributed by atoms with Crippen LogP contribution in [0, 0.1) is 0 Å². The van der Waals surface area contributed by atoms with Crippen molar-refractivity contribution in [2.45, 2.75) is 32.0 Å². The lowest BCUT2D eigenvalue weighted by molar-refractivity contribution is 0.0810. The first-order chi connectivity index (χ1) is 7.66.